The quantitative estimate of drug-likeness (QED) is 0.867. The van der Waals surface area contributed by atoms with Crippen LogP contribution < -0.4 is 5.73 Å². The van der Waals surface area contributed by atoms with Crippen molar-refractivity contribution in [1.29, 1.82) is 5.26 Å². The van der Waals surface area contributed by atoms with Crippen molar-refractivity contribution < 1.29 is 4.21 Å². The minimum absolute atomic E-state index is 0.240. The molecule has 0 bridgehead atoms. The first-order valence-corrected chi connectivity index (χ1v) is 7.02. The molecule has 96 valence electrons. The van der Waals surface area contributed by atoms with Crippen LogP contribution in [0.1, 0.15) is 16.8 Å². The number of nitriles is 1. The number of hydrogen-bond acceptors (Lipinski definition) is 4. The van der Waals surface area contributed by atoms with Gasteiger partial charge in [0, 0.05) is 17.4 Å². The minimum atomic E-state index is -1.28. The lowest BCUT2D eigenvalue weighted by atomic mass is 10.2. The third-order valence-corrected chi connectivity index (χ3v) is 4.13. The summed E-state index contributed by atoms with van der Waals surface area (Å²) < 4.78 is 12.3. The molecule has 2 aromatic rings. The van der Waals surface area contributed by atoms with Gasteiger partial charge < -0.3 is 5.73 Å². The third-order valence-electron chi connectivity index (χ3n) is 2.69. The van der Waals surface area contributed by atoms with Gasteiger partial charge >= 0.3 is 0 Å². The highest BCUT2D eigenvalue weighted by Crippen LogP contribution is 2.21. The fourth-order valence-corrected chi connectivity index (χ4v) is 2.96. The summed E-state index contributed by atoms with van der Waals surface area (Å²) in [5, 5.41) is 8.96. The number of rotatable bonds is 3. The molecule has 5 heteroatoms. The van der Waals surface area contributed by atoms with Crippen molar-refractivity contribution in [2.24, 2.45) is 0 Å². The summed E-state index contributed by atoms with van der Waals surface area (Å²) in [7, 11) is -1.28. The molecule has 0 spiro atoms. The van der Waals surface area contributed by atoms with Crippen molar-refractivity contribution in [2.45, 2.75) is 17.6 Å². The molecule has 0 aliphatic carbocycles. The van der Waals surface area contributed by atoms with Gasteiger partial charge in [-0.25, -0.2) is 4.98 Å². The molecule has 19 heavy (non-hydrogen) atoms. The van der Waals surface area contributed by atoms with Crippen LogP contribution in [-0.2, 0) is 16.6 Å². The summed E-state index contributed by atoms with van der Waals surface area (Å²) in [5.41, 5.74) is 8.39. The Balaban J connectivity index is 2.29. The van der Waals surface area contributed by atoms with Crippen LogP contribution in [0.4, 0.5) is 5.69 Å². The molecule has 2 N–H and O–H groups in total. The second-order valence-corrected chi connectivity index (χ2v) is 5.57. The van der Waals surface area contributed by atoms with Gasteiger partial charge in [-0.15, -0.1) is 0 Å². The maximum absolute atomic E-state index is 12.3. The van der Waals surface area contributed by atoms with Crippen molar-refractivity contribution >= 4 is 16.5 Å². The lowest BCUT2D eigenvalue weighted by Crippen LogP contribution is -2.03. The Bertz CT molecular complexity index is 677. The average Bonchev–Trinajstić information content (AvgIpc) is 2.39. The summed E-state index contributed by atoms with van der Waals surface area (Å²) in [6, 6.07) is 10.9. The molecule has 0 saturated carbocycles. The van der Waals surface area contributed by atoms with E-state index in [-0.39, 0.29) is 5.75 Å². The van der Waals surface area contributed by atoms with Crippen molar-refractivity contribution in [1.82, 2.24) is 4.98 Å². The molecule has 0 aliphatic heterocycles. The van der Waals surface area contributed by atoms with Gasteiger partial charge in [0.25, 0.3) is 0 Å². The van der Waals surface area contributed by atoms with Crippen LogP contribution >= 0.6 is 0 Å². The van der Waals surface area contributed by atoms with E-state index in [0.29, 0.717) is 21.8 Å². The van der Waals surface area contributed by atoms with Crippen LogP contribution in [0.25, 0.3) is 0 Å². The smallest absolute Gasteiger partial charge is 0.144 e. The maximum atomic E-state index is 12.3. The van der Waals surface area contributed by atoms with E-state index in [9.17, 15) is 4.21 Å². The van der Waals surface area contributed by atoms with Crippen LogP contribution in [0.3, 0.4) is 0 Å². The van der Waals surface area contributed by atoms with E-state index in [1.807, 2.05) is 19.1 Å². The van der Waals surface area contributed by atoms with E-state index in [2.05, 4.69) is 4.98 Å². The van der Waals surface area contributed by atoms with Gasteiger partial charge in [-0.05, 0) is 30.7 Å². The Kier molecular flexibility index (Phi) is 3.93. The first-order chi connectivity index (χ1) is 9.11. The lowest BCUT2D eigenvalue weighted by Gasteiger charge is -2.07. The molecule has 1 aromatic carbocycles. The summed E-state index contributed by atoms with van der Waals surface area (Å²) in [6.45, 7) is 1.93. The number of nitrogen functional groups attached to an aromatic ring is 1. The van der Waals surface area contributed by atoms with Gasteiger partial charge in [0.2, 0.25) is 0 Å². The van der Waals surface area contributed by atoms with Crippen LogP contribution in [0.5, 0.6) is 0 Å². The molecular weight excluding hydrogens is 258 g/mol. The predicted octanol–water partition coefficient (Wildman–Crippen LogP) is 2.15. The highest BCUT2D eigenvalue weighted by molar-refractivity contribution is 7.84. The fourth-order valence-electron chi connectivity index (χ4n) is 1.75. The Morgan fingerprint density at radius 3 is 2.89 bits per heavy atom. The van der Waals surface area contributed by atoms with Gasteiger partial charge in [0.05, 0.1) is 21.4 Å². The monoisotopic (exact) mass is 271 g/mol. The highest BCUT2D eigenvalue weighted by Gasteiger charge is 2.12. The second kappa shape index (κ2) is 5.63. The number of nitrogens with two attached hydrogens (primary N) is 1. The third kappa shape index (κ3) is 2.98. The predicted molar refractivity (Wildman–Crippen MR) is 74.7 cm³/mol. The molecule has 1 atom stereocenters. The molecule has 1 heterocycles. The Morgan fingerprint density at radius 1 is 1.42 bits per heavy atom. The van der Waals surface area contributed by atoms with Crippen LogP contribution in [0.2, 0.25) is 0 Å². The van der Waals surface area contributed by atoms with Crippen LogP contribution in [0, 0.1) is 18.3 Å². The topological polar surface area (TPSA) is 79.8 Å². The van der Waals surface area contributed by atoms with E-state index in [0.717, 1.165) is 5.56 Å². The maximum Gasteiger partial charge on any atom is 0.144 e. The lowest BCUT2D eigenvalue weighted by molar-refractivity contribution is 0.682. The molecule has 1 unspecified atom stereocenters. The van der Waals surface area contributed by atoms with Crippen molar-refractivity contribution in [3.05, 3.63) is 53.3 Å². The van der Waals surface area contributed by atoms with E-state index >= 15 is 0 Å². The molecule has 0 radical (unpaired) electrons. The second-order valence-electron chi connectivity index (χ2n) is 4.15. The molecule has 0 amide bonds. The molecular formula is C14H13N3OS. The number of nitrogens with zero attached hydrogens (tertiary/aromatic N) is 2. The number of pyridine rings is 1. The number of aryl methyl sites for hydroxylation is 1. The number of anilines is 1. The van der Waals surface area contributed by atoms with E-state index in [4.69, 9.17) is 11.0 Å². The van der Waals surface area contributed by atoms with E-state index in [1.165, 1.54) is 0 Å². The number of hydrogen-bond donors (Lipinski definition) is 1. The highest BCUT2D eigenvalue weighted by atomic mass is 32.2. The zero-order chi connectivity index (χ0) is 13.8. The Hall–Kier alpha value is -2.19. The van der Waals surface area contributed by atoms with Gasteiger partial charge in [-0.3, -0.25) is 4.21 Å². The van der Waals surface area contributed by atoms with Gasteiger partial charge in [0.15, 0.2) is 0 Å². The van der Waals surface area contributed by atoms with Gasteiger partial charge in [-0.1, -0.05) is 12.1 Å². The molecule has 0 saturated heterocycles. The van der Waals surface area contributed by atoms with E-state index in [1.54, 1.807) is 30.5 Å². The van der Waals surface area contributed by atoms with Crippen molar-refractivity contribution in [3.63, 3.8) is 0 Å². The first kappa shape index (κ1) is 13.2. The standard InChI is InChI=1S/C14H13N3OS/c1-10-4-5-14(12(16)7-10)19(18)9-11-3-2-6-17-13(11)8-15/h2-7H,9,16H2,1H3. The minimum Gasteiger partial charge on any atom is -0.398 e. The van der Waals surface area contributed by atoms with Crippen molar-refractivity contribution in [3.8, 4) is 6.07 Å². The molecule has 0 fully saturated rings. The van der Waals surface area contributed by atoms with Gasteiger partial charge in [-0.2, -0.15) is 5.26 Å². The number of aromatic nitrogens is 1. The average molecular weight is 271 g/mol. The Labute approximate surface area is 114 Å². The first-order valence-electron chi connectivity index (χ1n) is 5.70. The van der Waals surface area contributed by atoms with Gasteiger partial charge in [0.1, 0.15) is 11.8 Å². The molecule has 1 aromatic heterocycles. The fraction of sp³-hybridized carbons (Fsp3) is 0.143. The van der Waals surface area contributed by atoms with Crippen LogP contribution in [-0.4, -0.2) is 9.19 Å². The number of benzene rings is 1. The van der Waals surface area contributed by atoms with E-state index < -0.39 is 10.8 Å². The zero-order valence-corrected chi connectivity index (χ0v) is 11.3. The summed E-state index contributed by atoms with van der Waals surface area (Å²) >= 11 is 0. The largest absolute Gasteiger partial charge is 0.398 e. The summed E-state index contributed by atoms with van der Waals surface area (Å²) in [6.07, 6.45) is 1.55. The van der Waals surface area contributed by atoms with Crippen LogP contribution in [0.15, 0.2) is 41.4 Å². The summed E-state index contributed by atoms with van der Waals surface area (Å²) in [4.78, 5) is 4.55. The molecule has 4 nitrogen and oxygen atoms in total. The normalized spacial score (nSPS) is 11.8. The SMILES string of the molecule is Cc1ccc(S(=O)Cc2cccnc2C#N)c(N)c1. The molecule has 2 rings (SSSR count). The van der Waals surface area contributed by atoms with Crippen molar-refractivity contribution in [2.75, 3.05) is 5.73 Å². The molecule has 0 aliphatic rings. The zero-order valence-electron chi connectivity index (χ0n) is 10.5. The Morgan fingerprint density at radius 2 is 2.21 bits per heavy atom. The summed E-state index contributed by atoms with van der Waals surface area (Å²) in [5.74, 6) is 0.240.